The van der Waals surface area contributed by atoms with Crippen LogP contribution in [0.2, 0.25) is 0 Å². The molecule has 0 aromatic heterocycles. The van der Waals surface area contributed by atoms with E-state index in [4.69, 9.17) is 0 Å². The van der Waals surface area contributed by atoms with Gasteiger partial charge >= 0.3 is 0 Å². The molecule has 0 aliphatic carbocycles. The Hall–Kier alpha value is -0.620. The number of aryl methyl sites for hydroxylation is 2. The predicted molar refractivity (Wildman–Crippen MR) is 86.4 cm³/mol. The minimum Gasteiger partial charge on any atom is -0.316 e. The van der Waals surface area contributed by atoms with Gasteiger partial charge in [0.25, 0.3) is 0 Å². The van der Waals surface area contributed by atoms with Gasteiger partial charge in [0.2, 0.25) is 10.0 Å². The third kappa shape index (κ3) is 3.11. The Kier molecular flexibility index (Phi) is 4.98. The maximum Gasteiger partial charge on any atom is 0.243 e. The van der Waals surface area contributed by atoms with Gasteiger partial charge < -0.3 is 5.32 Å². The number of nitrogens with zero attached hydrogens (tertiary/aromatic N) is 1. The molecule has 21 heavy (non-hydrogen) atoms. The van der Waals surface area contributed by atoms with Gasteiger partial charge in [-0.15, -0.1) is 12.4 Å². The number of benzene rings is 1. The maximum absolute atomic E-state index is 12.9. The molecule has 0 bridgehead atoms. The van der Waals surface area contributed by atoms with Gasteiger partial charge in [0.15, 0.2) is 0 Å². The van der Waals surface area contributed by atoms with Crippen LogP contribution in [-0.2, 0) is 10.0 Å². The molecule has 0 spiro atoms. The first kappa shape index (κ1) is 16.7. The van der Waals surface area contributed by atoms with E-state index in [-0.39, 0.29) is 12.4 Å². The molecule has 2 saturated heterocycles. The monoisotopic (exact) mass is 330 g/mol. The summed E-state index contributed by atoms with van der Waals surface area (Å²) in [5.41, 5.74) is 1.83. The Morgan fingerprint density at radius 3 is 2.67 bits per heavy atom. The SMILES string of the molecule is Cc1ccc(C)c(S(=O)(=O)N2CCC3CNCC3C2)c1.Cl. The molecule has 118 valence electrons. The van der Waals surface area contributed by atoms with Crippen molar-refractivity contribution in [3.63, 3.8) is 0 Å². The van der Waals surface area contributed by atoms with Crippen molar-refractivity contribution >= 4 is 22.4 Å². The number of sulfonamides is 1. The first-order valence-electron chi connectivity index (χ1n) is 7.26. The van der Waals surface area contributed by atoms with Gasteiger partial charge in [-0.05, 0) is 62.4 Å². The summed E-state index contributed by atoms with van der Waals surface area (Å²) in [5, 5.41) is 3.38. The average Bonchev–Trinajstić information content (AvgIpc) is 2.88. The Bertz CT molecular complexity index is 618. The summed E-state index contributed by atoms with van der Waals surface area (Å²) < 4.78 is 27.4. The summed E-state index contributed by atoms with van der Waals surface area (Å²) in [6.45, 7) is 7.11. The lowest BCUT2D eigenvalue weighted by Crippen LogP contribution is -2.43. The molecule has 4 nitrogen and oxygen atoms in total. The number of nitrogens with one attached hydrogen (secondary N) is 1. The van der Waals surface area contributed by atoms with Gasteiger partial charge in [0.05, 0.1) is 4.90 Å². The molecular weight excluding hydrogens is 308 g/mol. The maximum atomic E-state index is 12.9. The van der Waals surface area contributed by atoms with Gasteiger partial charge in [0, 0.05) is 13.1 Å². The van der Waals surface area contributed by atoms with Crippen LogP contribution in [-0.4, -0.2) is 38.9 Å². The Balaban J connectivity index is 0.00000161. The van der Waals surface area contributed by atoms with E-state index in [0.29, 0.717) is 29.8 Å². The molecule has 2 fully saturated rings. The fourth-order valence-corrected chi connectivity index (χ4v) is 5.17. The van der Waals surface area contributed by atoms with Crippen molar-refractivity contribution < 1.29 is 8.42 Å². The summed E-state index contributed by atoms with van der Waals surface area (Å²) in [4.78, 5) is 0.474. The van der Waals surface area contributed by atoms with Crippen LogP contribution in [0.25, 0.3) is 0 Å². The molecule has 2 unspecified atom stereocenters. The fourth-order valence-electron chi connectivity index (χ4n) is 3.34. The number of halogens is 1. The standard InChI is InChI=1S/C15H22N2O2S.ClH/c1-11-3-4-12(2)15(7-11)20(18,19)17-6-5-13-8-16-9-14(13)10-17;/h3-4,7,13-14,16H,5-6,8-10H2,1-2H3;1H. The molecule has 0 saturated carbocycles. The van der Waals surface area contributed by atoms with Crippen LogP contribution in [0.3, 0.4) is 0 Å². The van der Waals surface area contributed by atoms with E-state index in [0.717, 1.165) is 30.6 Å². The van der Waals surface area contributed by atoms with Crippen molar-refractivity contribution in [2.45, 2.75) is 25.2 Å². The molecule has 2 aliphatic rings. The van der Waals surface area contributed by atoms with E-state index in [1.165, 1.54) is 0 Å². The van der Waals surface area contributed by atoms with Crippen molar-refractivity contribution in [2.75, 3.05) is 26.2 Å². The first-order chi connectivity index (χ1) is 9.48. The fraction of sp³-hybridized carbons (Fsp3) is 0.600. The quantitative estimate of drug-likeness (QED) is 0.901. The Morgan fingerprint density at radius 1 is 1.19 bits per heavy atom. The molecule has 0 radical (unpaired) electrons. The molecule has 6 heteroatoms. The van der Waals surface area contributed by atoms with Gasteiger partial charge in [-0.25, -0.2) is 8.42 Å². The molecule has 1 N–H and O–H groups in total. The Morgan fingerprint density at radius 2 is 1.90 bits per heavy atom. The summed E-state index contributed by atoms with van der Waals surface area (Å²) in [6.07, 6.45) is 0.974. The van der Waals surface area contributed by atoms with Crippen LogP contribution in [0.4, 0.5) is 0 Å². The lowest BCUT2D eigenvalue weighted by Gasteiger charge is -2.33. The third-order valence-corrected chi connectivity index (χ3v) is 6.64. The highest BCUT2D eigenvalue weighted by molar-refractivity contribution is 7.89. The van der Waals surface area contributed by atoms with Crippen molar-refractivity contribution in [1.29, 1.82) is 0 Å². The second-order valence-electron chi connectivity index (χ2n) is 6.10. The van der Waals surface area contributed by atoms with Crippen molar-refractivity contribution in [3.05, 3.63) is 29.3 Å². The molecule has 2 aliphatic heterocycles. The molecule has 1 aromatic rings. The minimum absolute atomic E-state index is 0. The lowest BCUT2D eigenvalue weighted by atomic mass is 9.90. The highest BCUT2D eigenvalue weighted by atomic mass is 35.5. The van der Waals surface area contributed by atoms with E-state index in [2.05, 4.69) is 5.32 Å². The number of piperidine rings is 1. The zero-order valence-electron chi connectivity index (χ0n) is 12.5. The molecule has 0 amide bonds. The van der Waals surface area contributed by atoms with Crippen molar-refractivity contribution in [1.82, 2.24) is 9.62 Å². The van der Waals surface area contributed by atoms with E-state index >= 15 is 0 Å². The highest BCUT2D eigenvalue weighted by Crippen LogP contribution is 2.31. The molecule has 2 heterocycles. The summed E-state index contributed by atoms with van der Waals surface area (Å²) in [5.74, 6) is 1.13. The third-order valence-electron chi connectivity index (χ3n) is 4.63. The predicted octanol–water partition coefficient (Wildman–Crippen LogP) is 1.96. The largest absolute Gasteiger partial charge is 0.316 e. The van der Waals surface area contributed by atoms with Crippen LogP contribution in [0, 0.1) is 25.7 Å². The molecular formula is C15H23ClN2O2S. The summed E-state index contributed by atoms with van der Waals surface area (Å²) in [6, 6.07) is 5.65. The summed E-state index contributed by atoms with van der Waals surface area (Å²) in [7, 11) is -3.35. The van der Waals surface area contributed by atoms with Crippen LogP contribution in [0.5, 0.6) is 0 Å². The van der Waals surface area contributed by atoms with Gasteiger partial charge in [-0.2, -0.15) is 4.31 Å². The molecule has 1 aromatic carbocycles. The zero-order chi connectivity index (χ0) is 14.3. The second kappa shape index (κ2) is 6.24. The van der Waals surface area contributed by atoms with Gasteiger partial charge in [-0.3, -0.25) is 0 Å². The Labute approximate surface area is 133 Å². The number of fused-ring (bicyclic) bond motifs is 1. The second-order valence-corrected chi connectivity index (χ2v) is 8.01. The summed E-state index contributed by atoms with van der Waals surface area (Å²) >= 11 is 0. The van der Waals surface area contributed by atoms with E-state index in [1.807, 2.05) is 26.0 Å². The first-order valence-corrected chi connectivity index (χ1v) is 8.70. The topological polar surface area (TPSA) is 49.4 Å². The van der Waals surface area contributed by atoms with Crippen LogP contribution in [0.15, 0.2) is 23.1 Å². The van der Waals surface area contributed by atoms with Crippen molar-refractivity contribution in [3.8, 4) is 0 Å². The van der Waals surface area contributed by atoms with Crippen LogP contribution >= 0.6 is 12.4 Å². The highest BCUT2D eigenvalue weighted by Gasteiger charge is 2.38. The normalized spacial score (nSPS) is 26.2. The number of hydrogen-bond donors (Lipinski definition) is 1. The van der Waals surface area contributed by atoms with E-state index < -0.39 is 10.0 Å². The minimum atomic E-state index is -3.35. The average molecular weight is 331 g/mol. The number of rotatable bonds is 2. The van der Waals surface area contributed by atoms with E-state index in [1.54, 1.807) is 10.4 Å². The van der Waals surface area contributed by atoms with Gasteiger partial charge in [-0.1, -0.05) is 12.1 Å². The van der Waals surface area contributed by atoms with Crippen molar-refractivity contribution in [2.24, 2.45) is 11.8 Å². The number of hydrogen-bond acceptors (Lipinski definition) is 3. The molecule has 2 atom stereocenters. The zero-order valence-corrected chi connectivity index (χ0v) is 14.1. The molecule has 3 rings (SSSR count). The van der Waals surface area contributed by atoms with Crippen LogP contribution in [0.1, 0.15) is 17.5 Å². The van der Waals surface area contributed by atoms with E-state index in [9.17, 15) is 8.42 Å². The van der Waals surface area contributed by atoms with Crippen LogP contribution < -0.4 is 5.32 Å². The lowest BCUT2D eigenvalue weighted by molar-refractivity contribution is 0.228. The smallest absolute Gasteiger partial charge is 0.243 e. The van der Waals surface area contributed by atoms with Gasteiger partial charge in [0.1, 0.15) is 0 Å².